The van der Waals surface area contributed by atoms with Gasteiger partial charge in [0.25, 0.3) is 0 Å². The minimum atomic E-state index is -0.277. The molecule has 8 aromatic carbocycles. The number of nitrogens with one attached hydrogen (secondary N) is 3. The highest BCUT2D eigenvalue weighted by molar-refractivity contribution is 6.16. The molecule has 3 N–H and O–H groups in total. The van der Waals surface area contributed by atoms with Gasteiger partial charge in [0.2, 0.25) is 0 Å². The van der Waals surface area contributed by atoms with E-state index in [9.17, 15) is 0 Å². The van der Waals surface area contributed by atoms with Crippen LogP contribution in [0.4, 0.5) is 11.4 Å². The normalized spacial score (nSPS) is 21.1. The van der Waals surface area contributed by atoms with Gasteiger partial charge in [0.1, 0.15) is 5.82 Å². The van der Waals surface area contributed by atoms with Crippen LogP contribution < -0.4 is 20.9 Å². The van der Waals surface area contributed by atoms with Crippen molar-refractivity contribution in [3.05, 3.63) is 289 Å². The van der Waals surface area contributed by atoms with Crippen LogP contribution in [0.5, 0.6) is 0 Å². The zero-order valence-corrected chi connectivity index (χ0v) is 44.5. The van der Waals surface area contributed by atoms with Gasteiger partial charge < -0.3 is 14.0 Å². The molecule has 11 aromatic rings. The maximum absolute atomic E-state index is 5.60. The summed E-state index contributed by atoms with van der Waals surface area (Å²) < 4.78 is 5.07. The molecule has 9 heteroatoms. The Morgan fingerprint density at radius 1 is 0.457 bits per heavy atom. The van der Waals surface area contributed by atoms with Crippen molar-refractivity contribution in [1.82, 2.24) is 40.0 Å². The zero-order chi connectivity index (χ0) is 53.4. The molecule has 5 unspecified atom stereocenters. The summed E-state index contributed by atoms with van der Waals surface area (Å²) in [6, 6.07) is 68.5. The molecule has 0 saturated carbocycles. The molecule has 0 spiro atoms. The van der Waals surface area contributed by atoms with Crippen molar-refractivity contribution in [3.8, 4) is 22.8 Å². The topological polar surface area (TPSA) is 87.9 Å². The van der Waals surface area contributed by atoms with E-state index in [-0.39, 0.29) is 36.4 Å². The van der Waals surface area contributed by atoms with Gasteiger partial charge in [-0.1, -0.05) is 206 Å². The third-order valence-corrected chi connectivity index (χ3v) is 17.1. The van der Waals surface area contributed by atoms with Gasteiger partial charge in [0.15, 0.2) is 11.6 Å². The van der Waals surface area contributed by atoms with Crippen molar-refractivity contribution in [1.29, 1.82) is 0 Å². The highest BCUT2D eigenvalue weighted by Gasteiger charge is 2.43. The Bertz CT molecular complexity index is 4370. The van der Waals surface area contributed by atoms with Crippen molar-refractivity contribution in [2.75, 3.05) is 4.90 Å². The lowest BCUT2D eigenvalue weighted by atomic mass is 9.89. The van der Waals surface area contributed by atoms with E-state index >= 15 is 0 Å². The summed E-state index contributed by atoms with van der Waals surface area (Å²) in [5, 5.41) is 16.7. The Labute approximate surface area is 470 Å². The second-order valence-corrected chi connectivity index (χ2v) is 21.8. The Kier molecular flexibility index (Phi) is 11.5. The average molecular weight is 1050 g/mol. The molecule has 0 radical (unpaired) electrons. The number of allylic oxidation sites excluding steroid dienone is 10. The zero-order valence-electron chi connectivity index (χ0n) is 44.5. The molecule has 16 rings (SSSR count). The number of anilines is 2. The highest BCUT2D eigenvalue weighted by Crippen LogP contribution is 2.56. The van der Waals surface area contributed by atoms with Gasteiger partial charge in [0, 0.05) is 55.8 Å². The van der Waals surface area contributed by atoms with Crippen LogP contribution in [0.2, 0.25) is 0 Å². The van der Waals surface area contributed by atoms with E-state index in [4.69, 9.17) is 15.0 Å². The predicted octanol–water partition coefficient (Wildman–Crippen LogP) is 16.0. The van der Waals surface area contributed by atoms with Crippen LogP contribution in [-0.4, -0.2) is 30.1 Å². The first-order valence-corrected chi connectivity index (χ1v) is 28.5. The minimum absolute atomic E-state index is 0.00561. The molecule has 0 amide bonds. The fraction of sp³-hybridized carbons (Fsp3) is 0.125. The van der Waals surface area contributed by atoms with Crippen molar-refractivity contribution in [2.45, 2.75) is 55.6 Å². The van der Waals surface area contributed by atoms with E-state index in [2.05, 4.69) is 285 Å². The van der Waals surface area contributed by atoms with Gasteiger partial charge >= 0.3 is 0 Å². The van der Waals surface area contributed by atoms with Crippen molar-refractivity contribution in [2.24, 2.45) is 0 Å². The van der Waals surface area contributed by atoms with Gasteiger partial charge in [-0.25, -0.2) is 15.0 Å². The number of hydrogen-bond acceptors (Lipinski definition) is 7. The van der Waals surface area contributed by atoms with Crippen LogP contribution in [0.3, 0.4) is 0 Å². The first-order valence-electron chi connectivity index (χ1n) is 28.5. The smallest absolute Gasteiger partial charge is 0.165 e. The maximum atomic E-state index is 5.60. The van der Waals surface area contributed by atoms with Crippen LogP contribution in [0, 0.1) is 0 Å². The summed E-state index contributed by atoms with van der Waals surface area (Å²) in [7, 11) is 0. The highest BCUT2D eigenvalue weighted by atomic mass is 15.4. The molecule has 5 aliphatic rings. The van der Waals surface area contributed by atoms with E-state index in [0.717, 1.165) is 81.0 Å². The maximum Gasteiger partial charge on any atom is 0.165 e. The molecule has 3 aliphatic carbocycles. The SMILES string of the molecule is C1=CCC(c2nc(C3=CCCC=C3)nc(-c3cc(C4NC(c5ccccc5)NC(c5ccccc5)N4)ccc3-n3c4ccccc4c4cc(-n5c6ccccc6c6ccccc65)c5c(c43)C3C=CC=CC3N5c3ccccc3)n2)C=C1. The summed E-state index contributed by atoms with van der Waals surface area (Å²) in [5.41, 5.74) is 15.7. The largest absolute Gasteiger partial charge is 0.332 e. The van der Waals surface area contributed by atoms with E-state index in [0.29, 0.717) is 11.6 Å². The number of fused-ring (bicyclic) bond motifs is 10. The molecule has 0 bridgehead atoms. The molecule has 390 valence electrons. The molecule has 1 fully saturated rings. The molecule has 5 heterocycles. The Balaban J connectivity index is 1.000. The van der Waals surface area contributed by atoms with Gasteiger partial charge in [-0.2, -0.15) is 0 Å². The standard InChI is InChI=1S/C72H57N9/c1-6-24-46(25-7-1)67-73-68(47-26-8-2-9-27-47)76-71(75-67)50-42-43-62(57(44-50)72-77-69(48-28-10-3-11-29-48)74-70(78-72)49-30-12-4-13-31-49)81-60-40-22-18-36-54(60)56-45-63(80-58-38-20-16-34-52(58)53-35-17-21-39-59(53)80)66-64(65(56)81)55-37-19-23-41-61(55)79(66)51-32-14-5-15-33-51/h1-3,5-12,14-28,30-45,48,55,61,67-68,71,73,75-76H,4,13,29H2. The van der Waals surface area contributed by atoms with E-state index in [1.807, 2.05) is 0 Å². The number of nitrogens with zero attached hydrogens (tertiary/aromatic N) is 6. The van der Waals surface area contributed by atoms with E-state index in [1.165, 1.54) is 43.8 Å². The molecular formula is C72H57N9. The fourth-order valence-electron chi connectivity index (χ4n) is 13.4. The Morgan fingerprint density at radius 2 is 1.05 bits per heavy atom. The molecule has 81 heavy (non-hydrogen) atoms. The predicted molar refractivity (Wildman–Crippen MR) is 330 cm³/mol. The molecule has 1 saturated heterocycles. The second-order valence-electron chi connectivity index (χ2n) is 21.8. The third kappa shape index (κ3) is 7.99. The summed E-state index contributed by atoms with van der Waals surface area (Å²) in [4.78, 5) is 19.1. The summed E-state index contributed by atoms with van der Waals surface area (Å²) in [5.74, 6) is 2.08. The van der Waals surface area contributed by atoms with E-state index in [1.54, 1.807) is 0 Å². The van der Waals surface area contributed by atoms with Gasteiger partial charge in [-0.15, -0.1) is 0 Å². The quantitative estimate of drug-likeness (QED) is 0.133. The van der Waals surface area contributed by atoms with Crippen molar-refractivity contribution >= 4 is 60.6 Å². The Morgan fingerprint density at radius 3 is 1.70 bits per heavy atom. The van der Waals surface area contributed by atoms with Gasteiger partial charge in [-0.3, -0.25) is 16.0 Å². The third-order valence-electron chi connectivity index (χ3n) is 17.1. The molecule has 9 nitrogen and oxygen atoms in total. The number of para-hydroxylation sites is 4. The number of benzene rings is 8. The summed E-state index contributed by atoms with van der Waals surface area (Å²) >= 11 is 0. The lowest BCUT2D eigenvalue weighted by Gasteiger charge is -2.39. The summed E-state index contributed by atoms with van der Waals surface area (Å²) in [6.45, 7) is 0. The summed E-state index contributed by atoms with van der Waals surface area (Å²) in [6.07, 6.45) is 26.8. The van der Waals surface area contributed by atoms with Crippen LogP contribution in [-0.2, 0) is 0 Å². The van der Waals surface area contributed by atoms with Crippen LogP contribution in [0.1, 0.15) is 83.5 Å². The first-order chi connectivity index (χ1) is 40.2. The van der Waals surface area contributed by atoms with Gasteiger partial charge in [0.05, 0.1) is 63.7 Å². The van der Waals surface area contributed by atoms with Crippen LogP contribution in [0.15, 0.2) is 255 Å². The molecular weight excluding hydrogens is 991 g/mol. The number of rotatable bonds is 9. The molecule has 2 aliphatic heterocycles. The Hall–Kier alpha value is -9.51. The average Bonchev–Trinajstić information content (AvgIpc) is 4.06. The monoisotopic (exact) mass is 1050 g/mol. The van der Waals surface area contributed by atoms with Gasteiger partial charge in [-0.05, 0) is 84.5 Å². The first kappa shape index (κ1) is 47.5. The minimum Gasteiger partial charge on any atom is -0.332 e. The second kappa shape index (κ2) is 19.7. The van der Waals surface area contributed by atoms with Crippen LogP contribution >= 0.6 is 0 Å². The fourth-order valence-corrected chi connectivity index (χ4v) is 13.4. The van der Waals surface area contributed by atoms with Crippen LogP contribution in [0.25, 0.3) is 71.9 Å². The number of hydrogen-bond donors (Lipinski definition) is 3. The molecule has 3 aromatic heterocycles. The van der Waals surface area contributed by atoms with Crippen molar-refractivity contribution in [3.63, 3.8) is 0 Å². The van der Waals surface area contributed by atoms with E-state index < -0.39 is 0 Å². The molecule has 5 atom stereocenters. The lowest BCUT2D eigenvalue weighted by Crippen LogP contribution is -2.54. The number of aromatic nitrogens is 5. The lowest BCUT2D eigenvalue weighted by molar-refractivity contribution is 0.203. The van der Waals surface area contributed by atoms with Crippen molar-refractivity contribution < 1.29 is 0 Å².